The smallest absolute Gasteiger partial charge is 0.194 e. The van der Waals surface area contributed by atoms with E-state index in [2.05, 4.69) is 22.2 Å². The maximum absolute atomic E-state index is 5.64. The Morgan fingerprint density at radius 2 is 2.08 bits per heavy atom. The minimum absolute atomic E-state index is 0.559. The van der Waals surface area contributed by atoms with Crippen molar-refractivity contribution >= 4 is 5.96 Å². The molecule has 0 aliphatic carbocycles. The number of aliphatic imine (C=N–C) groups is 1. The average molecular weight is 359 g/mol. The highest BCUT2D eigenvalue weighted by molar-refractivity contribution is 5.79. The van der Waals surface area contributed by atoms with Gasteiger partial charge in [0.25, 0.3) is 0 Å². The molecule has 142 valence electrons. The van der Waals surface area contributed by atoms with Crippen LogP contribution in [0.25, 0.3) is 0 Å². The van der Waals surface area contributed by atoms with Gasteiger partial charge < -0.3 is 19.7 Å². The van der Waals surface area contributed by atoms with Crippen molar-refractivity contribution in [2.45, 2.75) is 26.9 Å². The van der Waals surface area contributed by atoms with Crippen LogP contribution in [0, 0.1) is 0 Å². The average Bonchev–Trinajstić information content (AvgIpc) is 3.03. The van der Waals surface area contributed by atoms with Crippen LogP contribution in [0.1, 0.15) is 25.0 Å². The number of benzene rings is 1. The van der Waals surface area contributed by atoms with Gasteiger partial charge in [0, 0.05) is 38.9 Å². The molecular weight excluding hydrogens is 330 g/mol. The van der Waals surface area contributed by atoms with Crippen LogP contribution in [0.15, 0.2) is 35.6 Å². The summed E-state index contributed by atoms with van der Waals surface area (Å²) < 4.78 is 12.8. The van der Waals surface area contributed by atoms with Gasteiger partial charge >= 0.3 is 0 Å². The fourth-order valence-corrected chi connectivity index (χ4v) is 2.63. The van der Waals surface area contributed by atoms with Crippen LogP contribution in [-0.4, -0.2) is 47.9 Å². The number of hydrogen-bond acceptors (Lipinski definition) is 4. The molecule has 7 nitrogen and oxygen atoms in total. The molecule has 0 saturated heterocycles. The molecule has 1 aromatic carbocycles. The Labute approximate surface area is 155 Å². The summed E-state index contributed by atoms with van der Waals surface area (Å²) in [5, 5.41) is 7.55. The normalized spacial score (nSPS) is 11.3. The minimum Gasteiger partial charge on any atom is -0.493 e. The number of nitrogens with one attached hydrogen (secondary N) is 1. The number of aryl methyl sites for hydroxylation is 1. The van der Waals surface area contributed by atoms with Crippen molar-refractivity contribution in [3.63, 3.8) is 0 Å². The van der Waals surface area contributed by atoms with E-state index in [0.29, 0.717) is 13.2 Å². The van der Waals surface area contributed by atoms with Crippen LogP contribution in [-0.2, 0) is 20.1 Å². The second-order valence-electron chi connectivity index (χ2n) is 5.97. The zero-order valence-corrected chi connectivity index (χ0v) is 16.3. The van der Waals surface area contributed by atoms with Crippen LogP contribution in [0.2, 0.25) is 0 Å². The third kappa shape index (κ3) is 5.40. The zero-order chi connectivity index (χ0) is 18.9. The first-order valence-corrected chi connectivity index (χ1v) is 8.84. The van der Waals surface area contributed by atoms with Crippen molar-refractivity contribution in [1.29, 1.82) is 0 Å². The standard InChI is InChI=1S/C19H29N5O2/c1-6-20-19(23(3)13-16-12-22-24(4)14-16)21-11-15-8-9-17(25-5)18(10-15)26-7-2/h8-10,12,14H,6-7,11,13H2,1-5H3,(H,20,21). The molecule has 0 aliphatic heterocycles. The quantitative estimate of drug-likeness (QED) is 0.579. The fraction of sp³-hybridized carbons (Fsp3) is 0.474. The van der Waals surface area contributed by atoms with E-state index in [4.69, 9.17) is 14.5 Å². The van der Waals surface area contributed by atoms with Crippen molar-refractivity contribution in [3.8, 4) is 11.5 Å². The van der Waals surface area contributed by atoms with E-state index in [9.17, 15) is 0 Å². The van der Waals surface area contributed by atoms with Gasteiger partial charge in [-0.05, 0) is 31.5 Å². The summed E-state index contributed by atoms with van der Waals surface area (Å²) in [5.74, 6) is 2.33. The molecule has 0 saturated carbocycles. The number of aromatic nitrogens is 2. The fourth-order valence-electron chi connectivity index (χ4n) is 2.63. The topological polar surface area (TPSA) is 63.9 Å². The second-order valence-corrected chi connectivity index (χ2v) is 5.97. The number of nitrogens with zero attached hydrogens (tertiary/aromatic N) is 4. The van der Waals surface area contributed by atoms with Crippen LogP contribution in [0.4, 0.5) is 0 Å². The Balaban J connectivity index is 2.11. The molecule has 0 unspecified atom stereocenters. The summed E-state index contributed by atoms with van der Waals surface area (Å²) >= 11 is 0. The van der Waals surface area contributed by atoms with Crippen LogP contribution in [0.3, 0.4) is 0 Å². The molecule has 2 rings (SSSR count). The van der Waals surface area contributed by atoms with Crippen molar-refractivity contribution < 1.29 is 9.47 Å². The predicted octanol–water partition coefficient (Wildman–Crippen LogP) is 2.42. The molecule has 0 aliphatic rings. The van der Waals surface area contributed by atoms with Gasteiger partial charge in [-0.3, -0.25) is 4.68 Å². The molecule has 1 aromatic heterocycles. The molecule has 7 heteroatoms. The largest absolute Gasteiger partial charge is 0.493 e. The maximum Gasteiger partial charge on any atom is 0.194 e. The summed E-state index contributed by atoms with van der Waals surface area (Å²) in [4.78, 5) is 6.84. The first-order valence-electron chi connectivity index (χ1n) is 8.84. The lowest BCUT2D eigenvalue weighted by Gasteiger charge is -2.21. The molecule has 0 amide bonds. The van der Waals surface area contributed by atoms with Crippen molar-refractivity contribution in [3.05, 3.63) is 41.7 Å². The number of guanidine groups is 1. The second kappa shape index (κ2) is 9.70. The monoisotopic (exact) mass is 359 g/mol. The maximum atomic E-state index is 5.64. The molecule has 2 aromatic rings. The van der Waals surface area contributed by atoms with Crippen molar-refractivity contribution in [1.82, 2.24) is 20.0 Å². The van der Waals surface area contributed by atoms with Gasteiger partial charge in [0.15, 0.2) is 17.5 Å². The highest BCUT2D eigenvalue weighted by Gasteiger charge is 2.09. The summed E-state index contributed by atoms with van der Waals surface area (Å²) in [6.45, 7) is 6.73. The SMILES string of the molecule is CCNC(=NCc1ccc(OC)c(OCC)c1)N(C)Cc1cnn(C)c1. The number of ether oxygens (including phenoxy) is 2. The lowest BCUT2D eigenvalue weighted by Crippen LogP contribution is -2.38. The van der Waals surface area contributed by atoms with Gasteiger partial charge in [0.1, 0.15) is 0 Å². The Morgan fingerprint density at radius 3 is 2.69 bits per heavy atom. The Bertz CT molecular complexity index is 726. The summed E-state index contributed by atoms with van der Waals surface area (Å²) in [7, 11) is 5.59. The van der Waals surface area contributed by atoms with E-state index in [1.807, 2.05) is 51.6 Å². The lowest BCUT2D eigenvalue weighted by atomic mass is 10.2. The Morgan fingerprint density at radius 1 is 1.27 bits per heavy atom. The number of rotatable bonds is 8. The van der Waals surface area contributed by atoms with Gasteiger partial charge in [0.2, 0.25) is 0 Å². The van der Waals surface area contributed by atoms with E-state index in [-0.39, 0.29) is 0 Å². The number of hydrogen-bond donors (Lipinski definition) is 1. The molecule has 0 bridgehead atoms. The molecule has 26 heavy (non-hydrogen) atoms. The van der Waals surface area contributed by atoms with Gasteiger partial charge in [-0.2, -0.15) is 5.10 Å². The van der Waals surface area contributed by atoms with Crippen molar-refractivity contribution in [2.24, 2.45) is 12.0 Å². The highest BCUT2D eigenvalue weighted by Crippen LogP contribution is 2.28. The number of methoxy groups -OCH3 is 1. The summed E-state index contributed by atoms with van der Waals surface area (Å²) in [5.41, 5.74) is 2.21. The first kappa shape index (κ1) is 19.6. The Hall–Kier alpha value is -2.70. The summed E-state index contributed by atoms with van der Waals surface area (Å²) in [6.07, 6.45) is 3.88. The lowest BCUT2D eigenvalue weighted by molar-refractivity contribution is 0.310. The van der Waals surface area contributed by atoms with Gasteiger partial charge in [-0.25, -0.2) is 4.99 Å². The van der Waals surface area contributed by atoms with Crippen LogP contribution >= 0.6 is 0 Å². The van der Waals surface area contributed by atoms with Crippen LogP contribution in [0.5, 0.6) is 11.5 Å². The van der Waals surface area contributed by atoms with E-state index in [1.165, 1.54) is 0 Å². The third-order valence-corrected chi connectivity index (χ3v) is 3.81. The summed E-state index contributed by atoms with van der Waals surface area (Å²) in [6, 6.07) is 5.91. The molecule has 1 N–H and O–H groups in total. The molecule has 0 radical (unpaired) electrons. The molecule has 0 spiro atoms. The van der Waals surface area contributed by atoms with Crippen molar-refractivity contribution in [2.75, 3.05) is 27.3 Å². The first-order chi connectivity index (χ1) is 12.6. The highest BCUT2D eigenvalue weighted by atomic mass is 16.5. The Kier molecular flexibility index (Phi) is 7.32. The van der Waals surface area contributed by atoms with E-state index in [1.54, 1.807) is 11.8 Å². The van der Waals surface area contributed by atoms with E-state index in [0.717, 1.165) is 41.7 Å². The third-order valence-electron chi connectivity index (χ3n) is 3.81. The minimum atomic E-state index is 0.559. The zero-order valence-electron chi connectivity index (χ0n) is 16.3. The van der Waals surface area contributed by atoms with Gasteiger partial charge in [-0.15, -0.1) is 0 Å². The molecule has 0 atom stereocenters. The van der Waals surface area contributed by atoms with Crippen LogP contribution < -0.4 is 14.8 Å². The molecular formula is C19H29N5O2. The predicted molar refractivity (Wildman–Crippen MR) is 104 cm³/mol. The molecule has 1 heterocycles. The van der Waals surface area contributed by atoms with Gasteiger partial charge in [-0.1, -0.05) is 6.07 Å². The molecule has 0 fully saturated rings. The van der Waals surface area contributed by atoms with E-state index >= 15 is 0 Å². The van der Waals surface area contributed by atoms with E-state index < -0.39 is 0 Å². The van der Waals surface area contributed by atoms with Gasteiger partial charge in [0.05, 0.1) is 26.5 Å².